The summed E-state index contributed by atoms with van der Waals surface area (Å²) < 4.78 is 13.0. The van der Waals surface area contributed by atoms with Gasteiger partial charge in [0, 0.05) is 12.7 Å². The standard InChI is InChI=1S/C15H16FN3O2/c1-9-6-12(16)3-2-10(9)4-5-18-14-13(17)7-11(8-19-14)15(20)21/h2-3,6-8H,4-5,17H2,1H3,(H,18,19)(H,20,21). The van der Waals surface area contributed by atoms with Gasteiger partial charge in [-0.25, -0.2) is 14.2 Å². The van der Waals surface area contributed by atoms with Gasteiger partial charge in [0.1, 0.15) is 11.6 Å². The summed E-state index contributed by atoms with van der Waals surface area (Å²) in [5, 5.41) is 11.9. The number of nitrogens with two attached hydrogens (primary N) is 1. The molecular formula is C15H16FN3O2. The van der Waals surface area contributed by atoms with Gasteiger partial charge in [-0.3, -0.25) is 0 Å². The third kappa shape index (κ3) is 3.68. The zero-order valence-corrected chi connectivity index (χ0v) is 11.6. The fraction of sp³-hybridized carbons (Fsp3) is 0.200. The van der Waals surface area contributed by atoms with E-state index in [0.29, 0.717) is 18.8 Å². The van der Waals surface area contributed by atoms with Crippen LogP contribution in [0.4, 0.5) is 15.9 Å². The molecule has 110 valence electrons. The third-order valence-electron chi connectivity index (χ3n) is 3.16. The third-order valence-corrected chi connectivity index (χ3v) is 3.16. The number of rotatable bonds is 5. The van der Waals surface area contributed by atoms with E-state index >= 15 is 0 Å². The zero-order chi connectivity index (χ0) is 15.4. The van der Waals surface area contributed by atoms with Crippen molar-refractivity contribution in [2.75, 3.05) is 17.6 Å². The molecule has 0 saturated carbocycles. The molecule has 0 spiro atoms. The highest BCUT2D eigenvalue weighted by Crippen LogP contribution is 2.17. The number of aromatic nitrogens is 1. The number of halogens is 1. The smallest absolute Gasteiger partial charge is 0.337 e. The van der Waals surface area contributed by atoms with E-state index in [9.17, 15) is 9.18 Å². The number of carboxylic acids is 1. The van der Waals surface area contributed by atoms with E-state index in [1.807, 2.05) is 6.92 Å². The normalized spacial score (nSPS) is 10.4. The minimum Gasteiger partial charge on any atom is -0.478 e. The largest absolute Gasteiger partial charge is 0.478 e. The van der Waals surface area contributed by atoms with Gasteiger partial charge in [0.2, 0.25) is 0 Å². The summed E-state index contributed by atoms with van der Waals surface area (Å²) in [6.45, 7) is 2.42. The Morgan fingerprint density at radius 2 is 2.19 bits per heavy atom. The highest BCUT2D eigenvalue weighted by Gasteiger charge is 2.07. The lowest BCUT2D eigenvalue weighted by molar-refractivity contribution is 0.0696. The number of nitrogens with one attached hydrogen (secondary N) is 1. The van der Waals surface area contributed by atoms with Gasteiger partial charge in [-0.1, -0.05) is 6.07 Å². The SMILES string of the molecule is Cc1cc(F)ccc1CCNc1ncc(C(=O)O)cc1N. The number of nitrogen functional groups attached to an aromatic ring is 1. The molecule has 0 atom stereocenters. The molecule has 1 aromatic carbocycles. The monoisotopic (exact) mass is 289 g/mol. The van der Waals surface area contributed by atoms with Crippen molar-refractivity contribution in [2.24, 2.45) is 0 Å². The van der Waals surface area contributed by atoms with Crippen molar-refractivity contribution in [3.05, 3.63) is 53.0 Å². The van der Waals surface area contributed by atoms with Crippen molar-refractivity contribution in [1.29, 1.82) is 0 Å². The number of pyridine rings is 1. The van der Waals surface area contributed by atoms with Gasteiger partial charge in [0.15, 0.2) is 0 Å². The van der Waals surface area contributed by atoms with Crippen LogP contribution in [0.2, 0.25) is 0 Å². The van der Waals surface area contributed by atoms with E-state index in [2.05, 4.69) is 10.3 Å². The Kier molecular flexibility index (Phi) is 4.37. The summed E-state index contributed by atoms with van der Waals surface area (Å²) in [6, 6.07) is 6.03. The summed E-state index contributed by atoms with van der Waals surface area (Å²) >= 11 is 0. The maximum Gasteiger partial charge on any atom is 0.337 e. The van der Waals surface area contributed by atoms with Crippen LogP contribution < -0.4 is 11.1 Å². The average molecular weight is 289 g/mol. The molecule has 2 aromatic rings. The Labute approximate surface area is 121 Å². The van der Waals surface area contributed by atoms with Gasteiger partial charge >= 0.3 is 5.97 Å². The van der Waals surface area contributed by atoms with Crippen molar-refractivity contribution in [2.45, 2.75) is 13.3 Å². The second kappa shape index (κ2) is 6.21. The predicted octanol–water partition coefficient (Wildman–Crippen LogP) is 2.46. The second-order valence-corrected chi connectivity index (χ2v) is 4.71. The van der Waals surface area contributed by atoms with Crippen LogP contribution in [0.15, 0.2) is 30.5 Å². The fourth-order valence-corrected chi connectivity index (χ4v) is 2.00. The molecule has 0 fully saturated rings. The molecule has 5 nitrogen and oxygen atoms in total. The Bertz CT molecular complexity index is 674. The van der Waals surface area contributed by atoms with Gasteiger partial charge in [0.05, 0.1) is 11.3 Å². The molecule has 2 rings (SSSR count). The lowest BCUT2D eigenvalue weighted by Crippen LogP contribution is -2.10. The van der Waals surface area contributed by atoms with Gasteiger partial charge in [-0.05, 0) is 42.7 Å². The number of carboxylic acid groups (broad SMARTS) is 1. The van der Waals surface area contributed by atoms with Crippen molar-refractivity contribution < 1.29 is 14.3 Å². The van der Waals surface area contributed by atoms with Crippen LogP contribution in [0.5, 0.6) is 0 Å². The Morgan fingerprint density at radius 3 is 2.81 bits per heavy atom. The fourth-order valence-electron chi connectivity index (χ4n) is 2.00. The minimum atomic E-state index is -1.07. The molecule has 0 aliphatic rings. The van der Waals surface area contributed by atoms with Gasteiger partial charge in [-0.15, -0.1) is 0 Å². The molecule has 4 N–H and O–H groups in total. The maximum absolute atomic E-state index is 13.0. The first-order valence-electron chi connectivity index (χ1n) is 6.45. The van der Waals surface area contributed by atoms with Gasteiger partial charge < -0.3 is 16.2 Å². The first-order valence-corrected chi connectivity index (χ1v) is 6.45. The molecule has 0 unspecified atom stereocenters. The van der Waals surface area contributed by atoms with E-state index in [-0.39, 0.29) is 17.1 Å². The molecule has 0 aliphatic carbocycles. The maximum atomic E-state index is 13.0. The van der Waals surface area contributed by atoms with Crippen molar-refractivity contribution >= 4 is 17.5 Å². The first kappa shape index (κ1) is 14.8. The molecule has 6 heteroatoms. The topological polar surface area (TPSA) is 88.2 Å². The number of aryl methyl sites for hydroxylation is 1. The molecule has 0 bridgehead atoms. The van der Waals surface area contributed by atoms with Crippen LogP contribution in [0.1, 0.15) is 21.5 Å². The number of nitrogens with zero attached hydrogens (tertiary/aromatic N) is 1. The first-order chi connectivity index (χ1) is 9.97. The van der Waals surface area contributed by atoms with Gasteiger partial charge in [-0.2, -0.15) is 0 Å². The van der Waals surface area contributed by atoms with E-state index in [0.717, 1.165) is 11.1 Å². The van der Waals surface area contributed by atoms with Crippen molar-refractivity contribution in [3.63, 3.8) is 0 Å². The number of benzene rings is 1. The van der Waals surface area contributed by atoms with E-state index in [1.165, 1.54) is 24.4 Å². The van der Waals surface area contributed by atoms with Gasteiger partial charge in [0.25, 0.3) is 0 Å². The Morgan fingerprint density at radius 1 is 1.43 bits per heavy atom. The number of aromatic carboxylic acids is 1. The van der Waals surface area contributed by atoms with Crippen LogP contribution in [0.25, 0.3) is 0 Å². The highest BCUT2D eigenvalue weighted by atomic mass is 19.1. The molecule has 1 heterocycles. The number of hydrogen-bond acceptors (Lipinski definition) is 4. The summed E-state index contributed by atoms with van der Waals surface area (Å²) in [7, 11) is 0. The molecule has 0 radical (unpaired) electrons. The summed E-state index contributed by atoms with van der Waals surface area (Å²) in [5.74, 6) is -0.873. The molecule has 0 aliphatic heterocycles. The van der Waals surface area contributed by atoms with Crippen LogP contribution in [-0.4, -0.2) is 22.6 Å². The number of hydrogen-bond donors (Lipinski definition) is 3. The lowest BCUT2D eigenvalue weighted by atomic mass is 10.1. The van der Waals surface area contributed by atoms with E-state index in [4.69, 9.17) is 10.8 Å². The number of anilines is 2. The number of carbonyl (C=O) groups is 1. The van der Waals surface area contributed by atoms with E-state index < -0.39 is 5.97 Å². The quantitative estimate of drug-likeness (QED) is 0.787. The van der Waals surface area contributed by atoms with Crippen molar-refractivity contribution in [1.82, 2.24) is 4.98 Å². The summed E-state index contributed by atoms with van der Waals surface area (Å²) in [4.78, 5) is 14.8. The van der Waals surface area contributed by atoms with Crippen LogP contribution in [0.3, 0.4) is 0 Å². The predicted molar refractivity (Wildman–Crippen MR) is 78.9 cm³/mol. The molecule has 1 aromatic heterocycles. The zero-order valence-electron chi connectivity index (χ0n) is 11.6. The molecule has 21 heavy (non-hydrogen) atoms. The second-order valence-electron chi connectivity index (χ2n) is 4.71. The Hall–Kier alpha value is -2.63. The van der Waals surface area contributed by atoms with Crippen LogP contribution >= 0.6 is 0 Å². The van der Waals surface area contributed by atoms with Crippen LogP contribution in [-0.2, 0) is 6.42 Å². The average Bonchev–Trinajstić information content (AvgIpc) is 2.42. The molecule has 0 saturated heterocycles. The Balaban J connectivity index is 1.99. The van der Waals surface area contributed by atoms with Crippen LogP contribution in [0, 0.1) is 12.7 Å². The highest BCUT2D eigenvalue weighted by molar-refractivity contribution is 5.89. The minimum absolute atomic E-state index is 0.0485. The van der Waals surface area contributed by atoms with Crippen molar-refractivity contribution in [3.8, 4) is 0 Å². The lowest BCUT2D eigenvalue weighted by Gasteiger charge is -2.10. The molecular weight excluding hydrogens is 273 g/mol. The molecule has 0 amide bonds. The van der Waals surface area contributed by atoms with E-state index in [1.54, 1.807) is 6.07 Å². The summed E-state index contributed by atoms with van der Waals surface area (Å²) in [5.41, 5.74) is 8.00. The summed E-state index contributed by atoms with van der Waals surface area (Å²) in [6.07, 6.45) is 1.94.